The molecule has 0 aliphatic carbocycles. The Bertz CT molecular complexity index is 1100. The number of hydrogen-bond donors (Lipinski definition) is 2. The zero-order valence-electron chi connectivity index (χ0n) is 14.4. The highest BCUT2D eigenvalue weighted by Crippen LogP contribution is 2.29. The van der Waals surface area contributed by atoms with Gasteiger partial charge in [-0.25, -0.2) is 4.98 Å². The Morgan fingerprint density at radius 2 is 2.04 bits per heavy atom. The maximum Gasteiger partial charge on any atom is 0.119 e. The van der Waals surface area contributed by atoms with Gasteiger partial charge in [-0.15, -0.1) is 0 Å². The first-order valence-electron chi connectivity index (χ1n) is 8.41. The van der Waals surface area contributed by atoms with E-state index >= 15 is 0 Å². The summed E-state index contributed by atoms with van der Waals surface area (Å²) >= 11 is 11.0. The standard InChI is InChI=1S/C20H17ClN4OS/c21-14-2-4-15(5-3-14)26-8-7-25-12-23-11-19(25)17-10-24-18-6-1-13(20(22)27)9-16(17)18/h1-6,9-12,24H,7-8H2,(H2,22,27). The Hall–Kier alpha value is -2.83. The number of aromatic nitrogens is 3. The summed E-state index contributed by atoms with van der Waals surface area (Å²) in [7, 11) is 0. The molecule has 0 atom stereocenters. The van der Waals surface area contributed by atoms with Crippen molar-refractivity contribution in [3.05, 3.63) is 71.8 Å². The second-order valence-corrected chi connectivity index (χ2v) is 6.98. The first kappa shape index (κ1) is 17.6. The highest BCUT2D eigenvalue weighted by molar-refractivity contribution is 7.80. The Labute approximate surface area is 166 Å². The van der Waals surface area contributed by atoms with Crippen LogP contribution in [0.1, 0.15) is 5.56 Å². The van der Waals surface area contributed by atoms with Gasteiger partial charge in [-0.2, -0.15) is 0 Å². The predicted molar refractivity (Wildman–Crippen MR) is 112 cm³/mol. The first-order valence-corrected chi connectivity index (χ1v) is 9.20. The van der Waals surface area contributed by atoms with Gasteiger partial charge in [-0.3, -0.25) is 0 Å². The topological polar surface area (TPSA) is 68.9 Å². The van der Waals surface area contributed by atoms with Crippen molar-refractivity contribution in [3.8, 4) is 17.0 Å². The maximum atomic E-state index is 5.90. The number of aromatic amines is 1. The molecule has 136 valence electrons. The SMILES string of the molecule is NC(=S)c1ccc2[nH]cc(-c3cncn3CCOc3ccc(Cl)cc3)c2c1. The lowest BCUT2D eigenvalue weighted by atomic mass is 10.1. The maximum absolute atomic E-state index is 5.90. The summed E-state index contributed by atoms with van der Waals surface area (Å²) in [6.07, 6.45) is 5.62. The number of rotatable bonds is 6. The first-order chi connectivity index (χ1) is 13.1. The van der Waals surface area contributed by atoms with Crippen molar-refractivity contribution >= 4 is 39.7 Å². The van der Waals surface area contributed by atoms with E-state index in [4.69, 9.17) is 34.3 Å². The van der Waals surface area contributed by atoms with Crippen LogP contribution in [0.15, 0.2) is 61.2 Å². The average molecular weight is 397 g/mol. The van der Waals surface area contributed by atoms with Crippen molar-refractivity contribution in [2.45, 2.75) is 6.54 Å². The molecule has 2 aromatic heterocycles. The average Bonchev–Trinajstić information content (AvgIpc) is 3.29. The minimum atomic E-state index is 0.383. The Kier molecular flexibility index (Phi) is 4.83. The van der Waals surface area contributed by atoms with Crippen LogP contribution in [-0.2, 0) is 6.54 Å². The second kappa shape index (κ2) is 7.42. The number of halogens is 1. The van der Waals surface area contributed by atoms with E-state index in [-0.39, 0.29) is 0 Å². The molecule has 27 heavy (non-hydrogen) atoms. The van der Waals surface area contributed by atoms with E-state index in [1.165, 1.54) is 0 Å². The quantitative estimate of drug-likeness (QED) is 0.474. The molecule has 4 aromatic rings. The van der Waals surface area contributed by atoms with Crippen molar-refractivity contribution in [1.82, 2.24) is 14.5 Å². The number of nitrogens with two attached hydrogens (primary N) is 1. The summed E-state index contributed by atoms with van der Waals surface area (Å²) < 4.78 is 7.86. The monoisotopic (exact) mass is 396 g/mol. The van der Waals surface area contributed by atoms with Gasteiger partial charge in [-0.05, 0) is 42.5 Å². The third-order valence-electron chi connectivity index (χ3n) is 4.37. The number of ether oxygens (including phenoxy) is 1. The lowest BCUT2D eigenvalue weighted by Crippen LogP contribution is -2.09. The molecule has 7 heteroatoms. The summed E-state index contributed by atoms with van der Waals surface area (Å²) in [5, 5.41) is 1.75. The van der Waals surface area contributed by atoms with E-state index < -0.39 is 0 Å². The minimum Gasteiger partial charge on any atom is -0.492 e. The van der Waals surface area contributed by atoms with Crippen LogP contribution in [0.5, 0.6) is 5.75 Å². The van der Waals surface area contributed by atoms with Gasteiger partial charge in [0.2, 0.25) is 0 Å². The van der Waals surface area contributed by atoms with E-state index in [0.29, 0.717) is 23.2 Å². The van der Waals surface area contributed by atoms with Crippen LogP contribution in [0.4, 0.5) is 0 Å². The van der Waals surface area contributed by atoms with Crippen molar-refractivity contribution < 1.29 is 4.74 Å². The van der Waals surface area contributed by atoms with Crippen LogP contribution >= 0.6 is 23.8 Å². The van der Waals surface area contributed by atoms with E-state index in [0.717, 1.165) is 33.5 Å². The van der Waals surface area contributed by atoms with Crippen LogP contribution in [0, 0.1) is 0 Å². The molecule has 0 aliphatic rings. The van der Waals surface area contributed by atoms with Gasteiger partial charge in [0.25, 0.3) is 0 Å². The predicted octanol–water partition coefficient (Wildman–Crippen LogP) is 4.40. The molecule has 0 aliphatic heterocycles. The van der Waals surface area contributed by atoms with Gasteiger partial charge in [0.1, 0.15) is 17.3 Å². The number of nitrogens with one attached hydrogen (secondary N) is 1. The molecule has 5 nitrogen and oxygen atoms in total. The van der Waals surface area contributed by atoms with Gasteiger partial charge in [-0.1, -0.05) is 23.8 Å². The molecule has 2 aromatic carbocycles. The van der Waals surface area contributed by atoms with Crippen LogP contribution in [-0.4, -0.2) is 26.1 Å². The lowest BCUT2D eigenvalue weighted by Gasteiger charge is -2.10. The number of hydrogen-bond acceptors (Lipinski definition) is 3. The highest BCUT2D eigenvalue weighted by atomic mass is 35.5. The molecule has 0 fully saturated rings. The fraction of sp³-hybridized carbons (Fsp3) is 0.100. The third-order valence-corrected chi connectivity index (χ3v) is 4.86. The smallest absolute Gasteiger partial charge is 0.119 e. The number of thiocarbonyl (C=S) groups is 1. The molecular weight excluding hydrogens is 380 g/mol. The second-order valence-electron chi connectivity index (χ2n) is 6.10. The van der Waals surface area contributed by atoms with E-state index in [1.807, 2.05) is 54.9 Å². The molecule has 0 bridgehead atoms. The van der Waals surface area contributed by atoms with Crippen LogP contribution in [0.2, 0.25) is 5.02 Å². The van der Waals surface area contributed by atoms with Crippen molar-refractivity contribution in [2.75, 3.05) is 6.61 Å². The number of nitrogens with zero attached hydrogens (tertiary/aromatic N) is 2. The summed E-state index contributed by atoms with van der Waals surface area (Å²) in [6.45, 7) is 1.19. The number of imidazole rings is 1. The third kappa shape index (κ3) is 3.67. The summed E-state index contributed by atoms with van der Waals surface area (Å²) in [5.74, 6) is 0.786. The highest BCUT2D eigenvalue weighted by Gasteiger charge is 2.12. The molecule has 0 saturated heterocycles. The summed E-state index contributed by atoms with van der Waals surface area (Å²) in [5.41, 5.74) is 9.70. The minimum absolute atomic E-state index is 0.383. The molecule has 3 N–H and O–H groups in total. The fourth-order valence-electron chi connectivity index (χ4n) is 3.00. The van der Waals surface area contributed by atoms with E-state index in [2.05, 4.69) is 14.5 Å². The van der Waals surface area contributed by atoms with Crippen LogP contribution < -0.4 is 10.5 Å². The number of H-pyrrole nitrogens is 1. The zero-order valence-corrected chi connectivity index (χ0v) is 15.9. The molecule has 0 radical (unpaired) electrons. The van der Waals surface area contributed by atoms with Crippen LogP contribution in [0.25, 0.3) is 22.2 Å². The van der Waals surface area contributed by atoms with Gasteiger partial charge in [0, 0.05) is 33.2 Å². The molecule has 2 heterocycles. The van der Waals surface area contributed by atoms with Gasteiger partial charge in [0.05, 0.1) is 24.8 Å². The lowest BCUT2D eigenvalue weighted by molar-refractivity contribution is 0.299. The molecular formula is C20H17ClN4OS. The number of benzene rings is 2. The normalized spacial score (nSPS) is 11.0. The van der Waals surface area contributed by atoms with Crippen molar-refractivity contribution in [1.29, 1.82) is 0 Å². The van der Waals surface area contributed by atoms with E-state index in [1.54, 1.807) is 6.33 Å². The molecule has 4 rings (SSSR count). The largest absolute Gasteiger partial charge is 0.492 e. The Balaban J connectivity index is 1.56. The molecule has 0 saturated carbocycles. The number of fused-ring (bicyclic) bond motifs is 1. The molecule has 0 amide bonds. The van der Waals surface area contributed by atoms with Crippen LogP contribution in [0.3, 0.4) is 0 Å². The van der Waals surface area contributed by atoms with Gasteiger partial charge in [0.15, 0.2) is 0 Å². The summed E-state index contributed by atoms with van der Waals surface area (Å²) in [6, 6.07) is 13.2. The fourth-order valence-corrected chi connectivity index (χ4v) is 3.25. The van der Waals surface area contributed by atoms with Crippen molar-refractivity contribution in [3.63, 3.8) is 0 Å². The summed E-state index contributed by atoms with van der Waals surface area (Å²) in [4.78, 5) is 7.98. The Morgan fingerprint density at radius 3 is 2.81 bits per heavy atom. The Morgan fingerprint density at radius 1 is 1.22 bits per heavy atom. The zero-order chi connectivity index (χ0) is 18.8. The molecule has 0 spiro atoms. The van der Waals surface area contributed by atoms with Gasteiger partial charge >= 0.3 is 0 Å². The van der Waals surface area contributed by atoms with Gasteiger partial charge < -0.3 is 20.0 Å². The molecule has 0 unspecified atom stereocenters. The van der Waals surface area contributed by atoms with Crippen molar-refractivity contribution in [2.24, 2.45) is 5.73 Å². The van der Waals surface area contributed by atoms with E-state index in [9.17, 15) is 0 Å².